The smallest absolute Gasteiger partial charge is 0.0539 e. The van der Waals surface area contributed by atoms with E-state index in [-0.39, 0.29) is 0 Å². The molecule has 2 aromatic rings. The third kappa shape index (κ3) is 2.79. The van der Waals surface area contributed by atoms with Gasteiger partial charge in [0.2, 0.25) is 0 Å². The van der Waals surface area contributed by atoms with Gasteiger partial charge in [-0.25, -0.2) is 0 Å². The summed E-state index contributed by atoms with van der Waals surface area (Å²) in [5, 5.41) is 4.16. The molecule has 0 fully saturated rings. The Bertz CT molecular complexity index is 521. The molecular formula is C12H15BrN4. The van der Waals surface area contributed by atoms with Gasteiger partial charge in [0, 0.05) is 42.6 Å². The van der Waals surface area contributed by atoms with Crippen molar-refractivity contribution in [3.63, 3.8) is 0 Å². The van der Waals surface area contributed by atoms with Crippen LogP contribution in [-0.4, -0.2) is 16.8 Å². The Labute approximate surface area is 109 Å². The lowest BCUT2D eigenvalue weighted by Gasteiger charge is -2.20. The number of nitrogens with zero attached hydrogens (tertiary/aromatic N) is 3. The molecule has 0 radical (unpaired) electrons. The van der Waals surface area contributed by atoms with Gasteiger partial charge in [0.15, 0.2) is 0 Å². The first-order valence-electron chi connectivity index (χ1n) is 5.30. The third-order valence-electron chi connectivity index (χ3n) is 2.56. The lowest BCUT2D eigenvalue weighted by atomic mass is 10.2. The Kier molecular flexibility index (Phi) is 3.38. The molecule has 17 heavy (non-hydrogen) atoms. The maximum Gasteiger partial charge on any atom is 0.0539 e. The van der Waals surface area contributed by atoms with Gasteiger partial charge in [-0.3, -0.25) is 4.68 Å². The van der Waals surface area contributed by atoms with E-state index in [4.69, 9.17) is 5.73 Å². The van der Waals surface area contributed by atoms with Crippen LogP contribution in [0.25, 0.3) is 0 Å². The fraction of sp³-hybridized carbons (Fsp3) is 0.250. The Morgan fingerprint density at radius 2 is 2.24 bits per heavy atom. The number of nitrogen functional groups attached to an aromatic ring is 1. The highest BCUT2D eigenvalue weighted by Crippen LogP contribution is 2.28. The molecule has 0 spiro atoms. The third-order valence-corrected chi connectivity index (χ3v) is 3.20. The van der Waals surface area contributed by atoms with Gasteiger partial charge in [-0.15, -0.1) is 0 Å². The largest absolute Gasteiger partial charge is 0.399 e. The van der Waals surface area contributed by atoms with Crippen LogP contribution >= 0.6 is 15.9 Å². The number of anilines is 2. The SMILES string of the molecule is CN(Cc1cnn(C)c1)c1ccc(N)cc1Br. The summed E-state index contributed by atoms with van der Waals surface area (Å²) in [4.78, 5) is 2.15. The summed E-state index contributed by atoms with van der Waals surface area (Å²) in [6.45, 7) is 0.816. The summed E-state index contributed by atoms with van der Waals surface area (Å²) < 4.78 is 2.81. The van der Waals surface area contributed by atoms with Crippen LogP contribution in [0.1, 0.15) is 5.56 Å². The van der Waals surface area contributed by atoms with Crippen LogP contribution in [0.15, 0.2) is 35.1 Å². The van der Waals surface area contributed by atoms with Gasteiger partial charge in [0.1, 0.15) is 0 Å². The molecule has 1 aromatic heterocycles. The average molecular weight is 295 g/mol. The predicted molar refractivity (Wildman–Crippen MR) is 73.9 cm³/mol. The lowest BCUT2D eigenvalue weighted by molar-refractivity contribution is 0.766. The monoisotopic (exact) mass is 294 g/mol. The van der Waals surface area contributed by atoms with Gasteiger partial charge in [0.05, 0.1) is 11.9 Å². The Hall–Kier alpha value is -1.49. The summed E-state index contributed by atoms with van der Waals surface area (Å²) >= 11 is 3.52. The van der Waals surface area contributed by atoms with Gasteiger partial charge in [-0.2, -0.15) is 5.10 Å². The summed E-state index contributed by atoms with van der Waals surface area (Å²) in [6, 6.07) is 5.82. The standard InChI is InChI=1S/C12H15BrN4/c1-16(7-9-6-15-17(2)8-9)12-4-3-10(14)5-11(12)13/h3-6,8H,7,14H2,1-2H3. The van der Waals surface area contributed by atoms with Crippen molar-refractivity contribution in [1.29, 1.82) is 0 Å². The van der Waals surface area contributed by atoms with Crippen LogP contribution in [0.3, 0.4) is 0 Å². The van der Waals surface area contributed by atoms with Crippen LogP contribution in [0.5, 0.6) is 0 Å². The lowest BCUT2D eigenvalue weighted by Crippen LogP contribution is -2.16. The van der Waals surface area contributed by atoms with Gasteiger partial charge in [-0.1, -0.05) is 0 Å². The summed E-state index contributed by atoms with van der Waals surface area (Å²) in [7, 11) is 3.96. The molecule has 0 amide bonds. The molecule has 90 valence electrons. The van der Waals surface area contributed by atoms with Crippen LogP contribution < -0.4 is 10.6 Å². The highest BCUT2D eigenvalue weighted by atomic mass is 79.9. The summed E-state index contributed by atoms with van der Waals surface area (Å²) in [6.07, 6.45) is 3.89. The van der Waals surface area contributed by atoms with Gasteiger partial charge in [0.25, 0.3) is 0 Å². The highest BCUT2D eigenvalue weighted by molar-refractivity contribution is 9.10. The van der Waals surface area contributed by atoms with E-state index in [2.05, 4.69) is 25.9 Å². The molecule has 0 unspecified atom stereocenters. The van der Waals surface area contributed by atoms with Crippen molar-refractivity contribution >= 4 is 27.3 Å². The maximum absolute atomic E-state index is 5.72. The van der Waals surface area contributed by atoms with E-state index in [1.165, 1.54) is 5.56 Å². The fourth-order valence-electron chi connectivity index (χ4n) is 1.75. The van der Waals surface area contributed by atoms with E-state index in [0.29, 0.717) is 0 Å². The quantitative estimate of drug-likeness (QED) is 0.885. The minimum atomic E-state index is 0.760. The van der Waals surface area contributed by atoms with Gasteiger partial charge >= 0.3 is 0 Å². The second kappa shape index (κ2) is 4.79. The van der Waals surface area contributed by atoms with Crippen LogP contribution in [-0.2, 0) is 13.6 Å². The predicted octanol–water partition coefficient (Wildman–Crippen LogP) is 2.40. The van der Waals surface area contributed by atoms with E-state index in [1.807, 2.05) is 44.7 Å². The molecule has 1 aromatic carbocycles. The number of hydrogen-bond donors (Lipinski definition) is 1. The first-order valence-corrected chi connectivity index (χ1v) is 6.09. The van der Waals surface area contributed by atoms with Crippen LogP contribution in [0.2, 0.25) is 0 Å². The Morgan fingerprint density at radius 3 is 2.82 bits per heavy atom. The Morgan fingerprint density at radius 1 is 1.47 bits per heavy atom. The molecule has 2 N–H and O–H groups in total. The van der Waals surface area contributed by atoms with Crippen molar-refractivity contribution in [2.75, 3.05) is 17.7 Å². The molecule has 4 nitrogen and oxygen atoms in total. The maximum atomic E-state index is 5.72. The van der Waals surface area contributed by atoms with Crippen molar-refractivity contribution in [1.82, 2.24) is 9.78 Å². The number of halogens is 1. The van der Waals surface area contributed by atoms with E-state index in [1.54, 1.807) is 4.68 Å². The van der Waals surface area contributed by atoms with E-state index >= 15 is 0 Å². The molecule has 0 aliphatic rings. The van der Waals surface area contributed by atoms with E-state index < -0.39 is 0 Å². The average Bonchev–Trinajstić information content (AvgIpc) is 2.63. The van der Waals surface area contributed by atoms with Crippen molar-refractivity contribution in [3.8, 4) is 0 Å². The number of aryl methyl sites for hydroxylation is 1. The van der Waals surface area contributed by atoms with E-state index in [0.717, 1.165) is 22.4 Å². The Balaban J connectivity index is 2.17. The fourth-order valence-corrected chi connectivity index (χ4v) is 2.44. The molecular weight excluding hydrogens is 280 g/mol. The zero-order valence-corrected chi connectivity index (χ0v) is 11.5. The molecule has 0 aliphatic carbocycles. The van der Waals surface area contributed by atoms with Crippen molar-refractivity contribution in [2.24, 2.45) is 7.05 Å². The van der Waals surface area contributed by atoms with Crippen molar-refractivity contribution in [3.05, 3.63) is 40.6 Å². The minimum absolute atomic E-state index is 0.760. The van der Waals surface area contributed by atoms with Crippen LogP contribution in [0, 0.1) is 0 Å². The second-order valence-electron chi connectivity index (χ2n) is 4.09. The van der Waals surface area contributed by atoms with Crippen LogP contribution in [0.4, 0.5) is 11.4 Å². The number of hydrogen-bond acceptors (Lipinski definition) is 3. The number of benzene rings is 1. The van der Waals surface area contributed by atoms with Gasteiger partial charge in [-0.05, 0) is 34.1 Å². The first kappa shape index (κ1) is 12.0. The van der Waals surface area contributed by atoms with Gasteiger partial charge < -0.3 is 10.6 Å². The number of rotatable bonds is 3. The molecule has 2 rings (SSSR count). The number of nitrogens with two attached hydrogens (primary N) is 1. The molecule has 0 saturated carbocycles. The minimum Gasteiger partial charge on any atom is -0.399 e. The number of aromatic nitrogens is 2. The van der Waals surface area contributed by atoms with Crippen molar-refractivity contribution < 1.29 is 0 Å². The summed E-state index contributed by atoms with van der Waals surface area (Å²) in [5.74, 6) is 0. The zero-order chi connectivity index (χ0) is 12.4. The zero-order valence-electron chi connectivity index (χ0n) is 9.89. The topological polar surface area (TPSA) is 47.1 Å². The molecule has 0 aliphatic heterocycles. The molecule has 5 heteroatoms. The van der Waals surface area contributed by atoms with Crippen molar-refractivity contribution in [2.45, 2.75) is 6.54 Å². The molecule has 0 saturated heterocycles. The van der Waals surface area contributed by atoms with E-state index in [9.17, 15) is 0 Å². The molecule has 0 bridgehead atoms. The first-order chi connectivity index (χ1) is 8.06. The normalized spacial score (nSPS) is 10.5. The molecule has 0 atom stereocenters. The second-order valence-corrected chi connectivity index (χ2v) is 4.94. The molecule has 1 heterocycles. The summed E-state index contributed by atoms with van der Waals surface area (Å²) in [5.41, 5.74) is 8.77. The highest BCUT2D eigenvalue weighted by Gasteiger charge is 2.07.